The minimum Gasteiger partial charge on any atom is -0.480 e. The number of nitrogens with one attached hydrogen (secondary N) is 1. The molecule has 2 amide bonds. The monoisotopic (exact) mass is 274 g/mol. The van der Waals surface area contributed by atoms with Gasteiger partial charge in [-0.05, 0) is 25.8 Å². The van der Waals surface area contributed by atoms with Gasteiger partial charge in [0.25, 0.3) is 0 Å². The van der Waals surface area contributed by atoms with Crippen molar-refractivity contribution >= 4 is 17.8 Å². The third-order valence-electron chi connectivity index (χ3n) is 2.57. The topological polar surface area (TPSA) is 162 Å². The van der Waals surface area contributed by atoms with E-state index in [1.54, 1.807) is 0 Å². The van der Waals surface area contributed by atoms with Crippen LogP contribution in [0.5, 0.6) is 0 Å². The molecule has 0 radical (unpaired) electrons. The number of imide groups is 1. The number of aliphatic carboxylic acids is 1. The van der Waals surface area contributed by atoms with Crippen LogP contribution in [0, 0.1) is 0 Å². The van der Waals surface area contributed by atoms with E-state index in [0.717, 1.165) is 6.42 Å². The first-order valence-electron chi connectivity index (χ1n) is 6.16. The maximum atomic E-state index is 11.5. The first kappa shape index (κ1) is 17.5. The van der Waals surface area contributed by atoms with Gasteiger partial charge < -0.3 is 22.3 Å². The largest absolute Gasteiger partial charge is 0.480 e. The summed E-state index contributed by atoms with van der Waals surface area (Å²) in [6, 6.07) is -1.87. The molecule has 0 saturated carbocycles. The molecule has 0 saturated heterocycles. The van der Waals surface area contributed by atoms with Crippen LogP contribution in [0.3, 0.4) is 0 Å². The Morgan fingerprint density at radius 3 is 2.21 bits per heavy atom. The van der Waals surface area contributed by atoms with Gasteiger partial charge in [0.2, 0.25) is 11.8 Å². The fourth-order valence-corrected chi connectivity index (χ4v) is 1.34. The van der Waals surface area contributed by atoms with Crippen molar-refractivity contribution in [2.24, 2.45) is 17.2 Å². The standard InChI is InChI=1S/C11H22N4O4/c12-6-2-1-3-7(13)10(17)15-9(16)5-4-8(14)11(18)19/h7-8H,1-6,12-14H2,(H,18,19)(H,15,16,17). The van der Waals surface area contributed by atoms with Gasteiger partial charge in [-0.1, -0.05) is 6.42 Å². The number of hydrogen-bond acceptors (Lipinski definition) is 6. The van der Waals surface area contributed by atoms with Crippen molar-refractivity contribution < 1.29 is 19.5 Å². The number of carbonyl (C=O) groups excluding carboxylic acids is 2. The van der Waals surface area contributed by atoms with Crippen LogP contribution in [0.1, 0.15) is 32.1 Å². The molecular formula is C11H22N4O4. The van der Waals surface area contributed by atoms with Gasteiger partial charge in [-0.3, -0.25) is 19.7 Å². The second-order valence-corrected chi connectivity index (χ2v) is 4.29. The lowest BCUT2D eigenvalue weighted by Crippen LogP contribution is -2.44. The second kappa shape index (κ2) is 9.42. The molecule has 0 rings (SSSR count). The zero-order valence-electron chi connectivity index (χ0n) is 10.8. The van der Waals surface area contributed by atoms with Gasteiger partial charge in [0.15, 0.2) is 0 Å². The molecule has 8 N–H and O–H groups in total. The Bertz CT molecular complexity index is 322. The highest BCUT2D eigenvalue weighted by molar-refractivity contribution is 5.97. The lowest BCUT2D eigenvalue weighted by Gasteiger charge is -2.11. The number of rotatable bonds is 9. The van der Waals surface area contributed by atoms with Crippen molar-refractivity contribution in [2.75, 3.05) is 6.54 Å². The van der Waals surface area contributed by atoms with Crippen LogP contribution in [-0.4, -0.2) is 41.5 Å². The zero-order valence-corrected chi connectivity index (χ0v) is 10.8. The molecular weight excluding hydrogens is 252 g/mol. The fourth-order valence-electron chi connectivity index (χ4n) is 1.34. The van der Waals surface area contributed by atoms with Gasteiger partial charge in [0.1, 0.15) is 6.04 Å². The molecule has 0 aliphatic carbocycles. The molecule has 19 heavy (non-hydrogen) atoms. The van der Waals surface area contributed by atoms with Crippen LogP contribution in [0.25, 0.3) is 0 Å². The summed E-state index contributed by atoms with van der Waals surface area (Å²) in [5.41, 5.74) is 16.1. The molecule has 8 heteroatoms. The molecule has 0 aromatic rings. The Morgan fingerprint density at radius 1 is 1.05 bits per heavy atom. The molecule has 110 valence electrons. The SMILES string of the molecule is NCCCCC(N)C(=O)NC(=O)CCC(N)C(=O)O. The first-order chi connectivity index (χ1) is 8.88. The van der Waals surface area contributed by atoms with Crippen LogP contribution < -0.4 is 22.5 Å². The molecule has 0 spiro atoms. The molecule has 0 aromatic carbocycles. The molecule has 0 aromatic heterocycles. The lowest BCUT2D eigenvalue weighted by atomic mass is 10.1. The Morgan fingerprint density at radius 2 is 1.68 bits per heavy atom. The summed E-state index contributed by atoms with van der Waals surface area (Å²) >= 11 is 0. The smallest absolute Gasteiger partial charge is 0.320 e. The lowest BCUT2D eigenvalue weighted by molar-refractivity contribution is -0.138. The summed E-state index contributed by atoms with van der Waals surface area (Å²) < 4.78 is 0. The van der Waals surface area contributed by atoms with E-state index in [4.69, 9.17) is 22.3 Å². The van der Waals surface area contributed by atoms with E-state index in [9.17, 15) is 14.4 Å². The molecule has 8 nitrogen and oxygen atoms in total. The molecule has 0 aliphatic rings. The van der Waals surface area contributed by atoms with Crippen LogP contribution >= 0.6 is 0 Å². The number of carbonyl (C=O) groups is 3. The summed E-state index contributed by atoms with van der Waals surface area (Å²) in [5, 5.41) is 10.6. The van der Waals surface area contributed by atoms with E-state index in [1.807, 2.05) is 0 Å². The minimum absolute atomic E-state index is 0.0309. The third kappa shape index (κ3) is 8.25. The second-order valence-electron chi connectivity index (χ2n) is 4.29. The highest BCUT2D eigenvalue weighted by atomic mass is 16.4. The van der Waals surface area contributed by atoms with Gasteiger partial charge in [-0.15, -0.1) is 0 Å². The summed E-state index contributed by atoms with van der Waals surface area (Å²) in [4.78, 5) is 33.3. The van der Waals surface area contributed by atoms with Crippen LogP contribution in [0.15, 0.2) is 0 Å². The Kier molecular flexibility index (Phi) is 8.68. The minimum atomic E-state index is -1.18. The third-order valence-corrected chi connectivity index (χ3v) is 2.57. The van der Waals surface area contributed by atoms with Crippen molar-refractivity contribution in [3.8, 4) is 0 Å². The predicted molar refractivity (Wildman–Crippen MR) is 68.9 cm³/mol. The fraction of sp³-hybridized carbons (Fsp3) is 0.727. The number of amides is 2. The van der Waals surface area contributed by atoms with E-state index < -0.39 is 29.9 Å². The van der Waals surface area contributed by atoms with Crippen molar-refractivity contribution in [1.82, 2.24) is 5.32 Å². The van der Waals surface area contributed by atoms with E-state index >= 15 is 0 Å². The number of carboxylic acid groups (broad SMARTS) is 1. The van der Waals surface area contributed by atoms with Gasteiger partial charge in [0, 0.05) is 6.42 Å². The van der Waals surface area contributed by atoms with Gasteiger partial charge in [0.05, 0.1) is 6.04 Å². The Balaban J connectivity index is 3.91. The predicted octanol–water partition coefficient (Wildman–Crippen LogP) is -1.72. The van der Waals surface area contributed by atoms with Crippen molar-refractivity contribution in [3.05, 3.63) is 0 Å². The van der Waals surface area contributed by atoms with E-state index in [2.05, 4.69) is 5.32 Å². The summed E-state index contributed by atoms with van der Waals surface area (Å²) in [5.74, 6) is -2.32. The maximum Gasteiger partial charge on any atom is 0.320 e. The van der Waals surface area contributed by atoms with Crippen LogP contribution in [0.2, 0.25) is 0 Å². The average molecular weight is 274 g/mol. The van der Waals surface area contributed by atoms with Gasteiger partial charge in [-0.25, -0.2) is 0 Å². The Hall–Kier alpha value is -1.51. The molecule has 2 unspecified atom stereocenters. The first-order valence-corrected chi connectivity index (χ1v) is 6.16. The number of hydrogen-bond donors (Lipinski definition) is 5. The average Bonchev–Trinajstić information content (AvgIpc) is 2.35. The highest BCUT2D eigenvalue weighted by Gasteiger charge is 2.18. The van der Waals surface area contributed by atoms with Crippen LogP contribution in [-0.2, 0) is 14.4 Å². The van der Waals surface area contributed by atoms with Gasteiger partial charge in [-0.2, -0.15) is 0 Å². The highest BCUT2D eigenvalue weighted by Crippen LogP contribution is 1.99. The Labute approximate surface area is 111 Å². The van der Waals surface area contributed by atoms with Crippen molar-refractivity contribution in [3.63, 3.8) is 0 Å². The van der Waals surface area contributed by atoms with E-state index in [0.29, 0.717) is 19.4 Å². The van der Waals surface area contributed by atoms with Crippen LogP contribution in [0.4, 0.5) is 0 Å². The van der Waals surface area contributed by atoms with Crippen molar-refractivity contribution in [1.29, 1.82) is 0 Å². The molecule has 0 bridgehead atoms. The van der Waals surface area contributed by atoms with Crippen molar-refractivity contribution in [2.45, 2.75) is 44.2 Å². The number of unbranched alkanes of at least 4 members (excludes halogenated alkanes) is 1. The molecule has 0 aliphatic heterocycles. The molecule has 0 heterocycles. The normalized spacial score (nSPS) is 13.6. The molecule has 0 fully saturated rings. The summed E-state index contributed by atoms with van der Waals surface area (Å²) in [7, 11) is 0. The summed E-state index contributed by atoms with van der Waals surface area (Å²) in [6.45, 7) is 0.528. The molecule has 2 atom stereocenters. The quantitative estimate of drug-likeness (QED) is 0.312. The van der Waals surface area contributed by atoms with E-state index in [1.165, 1.54) is 0 Å². The number of carboxylic acids is 1. The van der Waals surface area contributed by atoms with E-state index in [-0.39, 0.29) is 12.8 Å². The maximum absolute atomic E-state index is 11.5. The summed E-state index contributed by atoms with van der Waals surface area (Å²) in [6.07, 6.45) is 1.77. The van der Waals surface area contributed by atoms with Gasteiger partial charge >= 0.3 is 5.97 Å². The number of nitrogens with two attached hydrogens (primary N) is 3. The zero-order chi connectivity index (χ0) is 14.8.